The van der Waals surface area contributed by atoms with Crippen LogP contribution in [-0.2, 0) is 0 Å². The maximum atomic E-state index is 6.61. The number of nitrogens with one attached hydrogen (secondary N) is 2. The van der Waals surface area contributed by atoms with Gasteiger partial charge in [-0.1, -0.05) is 12.8 Å². The molecule has 3 aliphatic heterocycles. The summed E-state index contributed by atoms with van der Waals surface area (Å²) in [6.07, 6.45) is 9.96. The Morgan fingerprint density at radius 1 is 1.10 bits per heavy atom. The Hall–Kier alpha value is -1.23. The van der Waals surface area contributed by atoms with Crippen LogP contribution < -0.4 is 16.4 Å². The highest BCUT2D eigenvalue weighted by Crippen LogP contribution is 2.40. The van der Waals surface area contributed by atoms with Gasteiger partial charge in [0.15, 0.2) is 5.79 Å². The second kappa shape index (κ2) is 5.20. The molecule has 1 saturated heterocycles. The van der Waals surface area contributed by atoms with Crippen LogP contribution >= 0.6 is 0 Å². The highest BCUT2D eigenvalue weighted by Gasteiger charge is 2.46. The summed E-state index contributed by atoms with van der Waals surface area (Å²) in [5.41, 5.74) is 7.97. The molecule has 1 saturated carbocycles. The highest BCUT2D eigenvalue weighted by atomic mass is 15.4. The molecule has 0 radical (unpaired) electrons. The molecule has 3 heterocycles. The van der Waals surface area contributed by atoms with Crippen molar-refractivity contribution in [2.75, 3.05) is 19.6 Å². The van der Waals surface area contributed by atoms with Crippen LogP contribution in [0.2, 0.25) is 0 Å². The van der Waals surface area contributed by atoms with Crippen molar-refractivity contribution in [3.63, 3.8) is 0 Å². The van der Waals surface area contributed by atoms with E-state index >= 15 is 0 Å². The largest absolute Gasteiger partial charge is 0.371 e. The number of amidine groups is 1. The fourth-order valence-electron chi connectivity index (χ4n) is 3.79. The fraction of sp³-hybridized carbons (Fsp3) is 0.812. The summed E-state index contributed by atoms with van der Waals surface area (Å²) in [6.45, 7) is 3.31. The lowest BCUT2D eigenvalue weighted by molar-refractivity contribution is 0.299. The minimum absolute atomic E-state index is 0.497. The molecule has 2 fully saturated rings. The van der Waals surface area contributed by atoms with Crippen molar-refractivity contribution in [3.05, 3.63) is 11.4 Å². The Kier molecular flexibility index (Phi) is 3.32. The van der Waals surface area contributed by atoms with E-state index in [0.717, 1.165) is 31.9 Å². The number of nitrogens with zero attached hydrogens (tertiary/aromatic N) is 2. The van der Waals surface area contributed by atoms with Gasteiger partial charge in [-0.25, -0.2) is 4.99 Å². The van der Waals surface area contributed by atoms with E-state index in [1.54, 1.807) is 0 Å². The summed E-state index contributed by atoms with van der Waals surface area (Å²) in [6, 6.07) is 0. The number of hydrogen-bond acceptors (Lipinski definition) is 5. The number of likely N-dealkylation sites (tertiary alicyclic amines) is 1. The lowest BCUT2D eigenvalue weighted by Gasteiger charge is -2.40. The Balaban J connectivity index is 1.68. The van der Waals surface area contributed by atoms with Gasteiger partial charge in [-0.3, -0.25) is 5.73 Å². The summed E-state index contributed by atoms with van der Waals surface area (Å²) in [5.74, 6) is 2.26. The van der Waals surface area contributed by atoms with E-state index in [1.165, 1.54) is 56.4 Å². The average Bonchev–Trinajstić information content (AvgIpc) is 3.33. The maximum Gasteiger partial charge on any atom is 0.188 e. The SMILES string of the molecule is NC1(C2CC2)N=C(N2CCCCCC2)C2=C(NCCC2)N1. The van der Waals surface area contributed by atoms with E-state index in [-0.39, 0.29) is 0 Å². The molecule has 0 aromatic rings. The van der Waals surface area contributed by atoms with E-state index in [9.17, 15) is 0 Å². The van der Waals surface area contributed by atoms with Crippen LogP contribution in [0.15, 0.2) is 16.4 Å². The minimum Gasteiger partial charge on any atom is -0.371 e. The number of nitrogens with two attached hydrogens (primary N) is 1. The van der Waals surface area contributed by atoms with E-state index in [2.05, 4.69) is 15.5 Å². The molecule has 1 aliphatic carbocycles. The molecule has 0 bridgehead atoms. The Morgan fingerprint density at radius 2 is 1.86 bits per heavy atom. The minimum atomic E-state index is -0.579. The smallest absolute Gasteiger partial charge is 0.188 e. The summed E-state index contributed by atoms with van der Waals surface area (Å²) < 4.78 is 0. The quantitative estimate of drug-likeness (QED) is 0.684. The third-order valence-corrected chi connectivity index (χ3v) is 5.20. The first-order valence-electron chi connectivity index (χ1n) is 8.65. The lowest BCUT2D eigenvalue weighted by Crippen LogP contribution is -2.60. The van der Waals surface area contributed by atoms with Gasteiger partial charge in [0.1, 0.15) is 11.7 Å². The summed E-state index contributed by atoms with van der Waals surface area (Å²) in [5, 5.41) is 7.04. The van der Waals surface area contributed by atoms with Crippen LogP contribution in [0.4, 0.5) is 0 Å². The number of hydrogen-bond donors (Lipinski definition) is 3. The number of aliphatic imine (C=N–C) groups is 1. The van der Waals surface area contributed by atoms with Gasteiger partial charge in [0.25, 0.3) is 0 Å². The monoisotopic (exact) mass is 289 g/mol. The summed E-state index contributed by atoms with van der Waals surface area (Å²) in [7, 11) is 0. The lowest BCUT2D eigenvalue weighted by atomic mass is 10.0. The molecule has 4 aliphatic rings. The number of rotatable bonds is 1. The van der Waals surface area contributed by atoms with Gasteiger partial charge in [0.2, 0.25) is 0 Å². The first kappa shape index (κ1) is 13.4. The normalized spacial score (nSPS) is 33.6. The molecule has 5 nitrogen and oxygen atoms in total. The van der Waals surface area contributed by atoms with Crippen molar-refractivity contribution < 1.29 is 0 Å². The molecule has 21 heavy (non-hydrogen) atoms. The van der Waals surface area contributed by atoms with Crippen LogP contribution in [0, 0.1) is 5.92 Å². The van der Waals surface area contributed by atoms with Gasteiger partial charge in [-0.05, 0) is 38.5 Å². The van der Waals surface area contributed by atoms with Crippen LogP contribution in [0.5, 0.6) is 0 Å². The van der Waals surface area contributed by atoms with Crippen molar-refractivity contribution in [1.29, 1.82) is 0 Å². The van der Waals surface area contributed by atoms with Crippen molar-refractivity contribution in [2.45, 2.75) is 57.2 Å². The third kappa shape index (κ3) is 2.52. The molecular formula is C16H27N5. The molecule has 4 N–H and O–H groups in total. The van der Waals surface area contributed by atoms with Crippen LogP contribution in [0.25, 0.3) is 0 Å². The van der Waals surface area contributed by atoms with E-state index in [0.29, 0.717) is 5.92 Å². The fourth-order valence-corrected chi connectivity index (χ4v) is 3.79. The second-order valence-corrected chi connectivity index (χ2v) is 6.95. The second-order valence-electron chi connectivity index (χ2n) is 6.95. The van der Waals surface area contributed by atoms with Crippen molar-refractivity contribution in [1.82, 2.24) is 15.5 Å². The predicted molar refractivity (Wildman–Crippen MR) is 84.5 cm³/mol. The van der Waals surface area contributed by atoms with Gasteiger partial charge < -0.3 is 15.5 Å². The van der Waals surface area contributed by atoms with Crippen molar-refractivity contribution in [3.8, 4) is 0 Å². The first-order valence-corrected chi connectivity index (χ1v) is 8.65. The molecule has 116 valence electrons. The molecular weight excluding hydrogens is 262 g/mol. The first-order chi connectivity index (χ1) is 10.3. The standard InChI is InChI=1S/C16H27N5/c17-16(12-7-8-12)19-14-13(6-5-9-18-14)15(20-16)21-10-3-1-2-4-11-21/h12,18-19H,1-11,17H2. The third-order valence-electron chi connectivity index (χ3n) is 5.20. The predicted octanol–water partition coefficient (Wildman–Crippen LogP) is 1.48. The zero-order valence-electron chi connectivity index (χ0n) is 12.8. The topological polar surface area (TPSA) is 65.7 Å². The van der Waals surface area contributed by atoms with Crippen LogP contribution in [0.1, 0.15) is 51.4 Å². The highest BCUT2D eigenvalue weighted by molar-refractivity contribution is 6.00. The molecule has 0 aromatic carbocycles. The zero-order chi connectivity index (χ0) is 14.3. The Bertz CT molecular complexity index is 471. The van der Waals surface area contributed by atoms with Crippen molar-refractivity contribution in [2.24, 2.45) is 16.6 Å². The molecule has 5 heteroatoms. The molecule has 0 spiro atoms. The zero-order valence-corrected chi connectivity index (χ0v) is 12.8. The Labute approximate surface area is 127 Å². The van der Waals surface area contributed by atoms with Gasteiger partial charge in [0, 0.05) is 31.1 Å². The van der Waals surface area contributed by atoms with E-state index < -0.39 is 5.79 Å². The van der Waals surface area contributed by atoms with E-state index in [4.69, 9.17) is 10.7 Å². The Morgan fingerprint density at radius 3 is 2.57 bits per heavy atom. The average molecular weight is 289 g/mol. The molecule has 0 amide bonds. The van der Waals surface area contributed by atoms with Crippen LogP contribution in [0.3, 0.4) is 0 Å². The molecule has 4 rings (SSSR count). The maximum absolute atomic E-state index is 6.61. The molecule has 1 atom stereocenters. The summed E-state index contributed by atoms with van der Waals surface area (Å²) in [4.78, 5) is 7.54. The molecule has 1 unspecified atom stereocenters. The van der Waals surface area contributed by atoms with Crippen molar-refractivity contribution >= 4 is 5.84 Å². The van der Waals surface area contributed by atoms with Gasteiger partial charge in [0.05, 0.1) is 0 Å². The van der Waals surface area contributed by atoms with E-state index in [1.807, 2.05) is 0 Å². The van der Waals surface area contributed by atoms with Crippen LogP contribution in [-0.4, -0.2) is 36.2 Å². The molecule has 0 aromatic heterocycles. The van der Waals surface area contributed by atoms with Gasteiger partial charge in [-0.2, -0.15) is 0 Å². The van der Waals surface area contributed by atoms with Gasteiger partial charge in [-0.15, -0.1) is 0 Å². The summed E-state index contributed by atoms with van der Waals surface area (Å²) >= 11 is 0. The van der Waals surface area contributed by atoms with Gasteiger partial charge >= 0.3 is 0 Å².